The van der Waals surface area contributed by atoms with Gasteiger partial charge in [-0.2, -0.15) is 0 Å². The molecule has 19 heavy (non-hydrogen) atoms. The second kappa shape index (κ2) is 5.59. The number of aromatic amines is 1. The maximum Gasteiger partial charge on any atom is 0.267 e. The molecule has 1 aliphatic rings. The summed E-state index contributed by atoms with van der Waals surface area (Å²) in [5, 5.41) is 2.97. The number of carbonyl (C=O) groups excluding carboxylic acids is 1. The number of carbonyl (C=O) groups is 1. The first-order valence-corrected chi connectivity index (χ1v) is 6.98. The average molecular weight is 262 g/mol. The highest BCUT2D eigenvalue weighted by molar-refractivity contribution is 5.92. The van der Waals surface area contributed by atoms with Crippen LogP contribution in [-0.4, -0.2) is 17.4 Å². The molecule has 0 aliphatic heterocycles. The fraction of sp³-hybridized carbons (Fsp3) is 0.600. The Morgan fingerprint density at radius 2 is 2.16 bits per heavy atom. The van der Waals surface area contributed by atoms with Crippen molar-refractivity contribution >= 4 is 5.91 Å². The van der Waals surface area contributed by atoms with Crippen LogP contribution >= 0.6 is 0 Å². The van der Waals surface area contributed by atoms with Crippen LogP contribution in [0.3, 0.4) is 0 Å². The zero-order valence-corrected chi connectivity index (χ0v) is 11.7. The third-order valence-corrected chi connectivity index (χ3v) is 3.89. The van der Waals surface area contributed by atoms with E-state index < -0.39 is 0 Å². The van der Waals surface area contributed by atoms with Crippen molar-refractivity contribution in [2.45, 2.75) is 39.5 Å². The van der Waals surface area contributed by atoms with E-state index in [4.69, 9.17) is 0 Å². The first-order chi connectivity index (χ1) is 9.01. The van der Waals surface area contributed by atoms with Gasteiger partial charge in [-0.25, -0.2) is 0 Å². The molecular weight excluding hydrogens is 240 g/mol. The standard InChI is InChI=1S/C15H22N2O2/c1-11(2)9-15(7-4-8-15)10-16-14(19)12-5-3-6-13(18)17-12/h3,5-6,11H,4,7-10H2,1-2H3,(H,16,19)(H,17,18). The van der Waals surface area contributed by atoms with Crippen LogP contribution < -0.4 is 10.9 Å². The molecule has 4 nitrogen and oxygen atoms in total. The van der Waals surface area contributed by atoms with E-state index in [0.717, 1.165) is 6.42 Å². The van der Waals surface area contributed by atoms with E-state index in [1.54, 1.807) is 12.1 Å². The zero-order valence-electron chi connectivity index (χ0n) is 11.7. The van der Waals surface area contributed by atoms with Crippen LogP contribution in [0.15, 0.2) is 23.0 Å². The monoisotopic (exact) mass is 262 g/mol. The molecule has 4 heteroatoms. The maximum absolute atomic E-state index is 12.0. The van der Waals surface area contributed by atoms with Gasteiger partial charge in [-0.1, -0.05) is 26.3 Å². The third kappa shape index (κ3) is 3.46. The molecule has 0 radical (unpaired) electrons. The Morgan fingerprint density at radius 1 is 1.42 bits per heavy atom. The molecule has 1 aliphatic carbocycles. The Morgan fingerprint density at radius 3 is 2.68 bits per heavy atom. The van der Waals surface area contributed by atoms with Crippen LogP contribution in [-0.2, 0) is 0 Å². The lowest BCUT2D eigenvalue weighted by Crippen LogP contribution is -2.43. The van der Waals surface area contributed by atoms with Crippen LogP contribution in [0, 0.1) is 11.3 Å². The highest BCUT2D eigenvalue weighted by Gasteiger charge is 2.37. The van der Waals surface area contributed by atoms with Crippen molar-refractivity contribution in [1.29, 1.82) is 0 Å². The molecule has 0 bridgehead atoms. The number of amides is 1. The molecule has 2 rings (SSSR count). The minimum Gasteiger partial charge on any atom is -0.350 e. The summed E-state index contributed by atoms with van der Waals surface area (Å²) in [6.45, 7) is 5.15. The number of aromatic nitrogens is 1. The summed E-state index contributed by atoms with van der Waals surface area (Å²) in [6.07, 6.45) is 4.79. The van der Waals surface area contributed by atoms with E-state index in [1.165, 1.54) is 25.3 Å². The van der Waals surface area contributed by atoms with Gasteiger partial charge in [-0.05, 0) is 36.7 Å². The zero-order chi connectivity index (χ0) is 13.9. The Kier molecular flexibility index (Phi) is 4.08. The molecule has 0 saturated heterocycles. The Hall–Kier alpha value is -1.58. The molecule has 104 valence electrons. The molecular formula is C15H22N2O2. The molecule has 1 fully saturated rings. The predicted octanol–water partition coefficient (Wildman–Crippen LogP) is 2.32. The van der Waals surface area contributed by atoms with Gasteiger partial charge in [0.25, 0.3) is 5.91 Å². The Balaban J connectivity index is 1.94. The maximum atomic E-state index is 12.0. The summed E-state index contributed by atoms with van der Waals surface area (Å²) in [5.74, 6) is 0.460. The lowest BCUT2D eigenvalue weighted by molar-refractivity contribution is 0.0777. The van der Waals surface area contributed by atoms with Gasteiger partial charge < -0.3 is 10.3 Å². The molecule has 1 saturated carbocycles. The number of hydrogen-bond donors (Lipinski definition) is 2. The molecule has 0 atom stereocenters. The largest absolute Gasteiger partial charge is 0.350 e. The fourth-order valence-corrected chi connectivity index (χ4v) is 2.94. The third-order valence-electron chi connectivity index (χ3n) is 3.89. The van der Waals surface area contributed by atoms with Crippen molar-refractivity contribution in [1.82, 2.24) is 10.3 Å². The Labute approximate surface area is 113 Å². The summed E-state index contributed by atoms with van der Waals surface area (Å²) >= 11 is 0. The molecule has 1 amide bonds. The van der Waals surface area contributed by atoms with Gasteiger partial charge >= 0.3 is 0 Å². The number of rotatable bonds is 5. The van der Waals surface area contributed by atoms with E-state index in [9.17, 15) is 9.59 Å². The van der Waals surface area contributed by atoms with Crippen LogP contribution in [0.5, 0.6) is 0 Å². The van der Waals surface area contributed by atoms with E-state index in [0.29, 0.717) is 18.2 Å². The lowest BCUT2D eigenvalue weighted by atomic mass is 9.64. The predicted molar refractivity (Wildman–Crippen MR) is 75.1 cm³/mol. The van der Waals surface area contributed by atoms with Crippen LogP contribution in [0.4, 0.5) is 0 Å². The lowest BCUT2D eigenvalue weighted by Gasteiger charge is -2.43. The summed E-state index contributed by atoms with van der Waals surface area (Å²) < 4.78 is 0. The fourth-order valence-electron chi connectivity index (χ4n) is 2.94. The summed E-state index contributed by atoms with van der Waals surface area (Å²) in [5.41, 5.74) is 0.374. The molecule has 1 heterocycles. The highest BCUT2D eigenvalue weighted by Crippen LogP contribution is 2.45. The van der Waals surface area contributed by atoms with Crippen molar-refractivity contribution in [3.05, 3.63) is 34.2 Å². The average Bonchev–Trinajstić information content (AvgIpc) is 2.31. The van der Waals surface area contributed by atoms with Gasteiger partial charge in [0.15, 0.2) is 0 Å². The van der Waals surface area contributed by atoms with E-state index in [2.05, 4.69) is 24.1 Å². The molecule has 0 unspecified atom stereocenters. The van der Waals surface area contributed by atoms with Crippen LogP contribution in [0.2, 0.25) is 0 Å². The molecule has 1 aromatic rings. The molecule has 0 aromatic carbocycles. The van der Waals surface area contributed by atoms with Gasteiger partial charge in [0.1, 0.15) is 5.69 Å². The van der Waals surface area contributed by atoms with E-state index in [-0.39, 0.29) is 16.9 Å². The number of nitrogens with one attached hydrogen (secondary N) is 2. The topological polar surface area (TPSA) is 62.0 Å². The number of hydrogen-bond acceptors (Lipinski definition) is 2. The molecule has 0 spiro atoms. The molecule has 2 N–H and O–H groups in total. The first-order valence-electron chi connectivity index (χ1n) is 6.98. The summed E-state index contributed by atoms with van der Waals surface area (Å²) in [4.78, 5) is 25.7. The van der Waals surface area contributed by atoms with Crippen LogP contribution in [0.25, 0.3) is 0 Å². The number of H-pyrrole nitrogens is 1. The van der Waals surface area contributed by atoms with Gasteiger partial charge in [-0.3, -0.25) is 9.59 Å². The smallest absolute Gasteiger partial charge is 0.267 e. The van der Waals surface area contributed by atoms with Gasteiger partial charge in [0, 0.05) is 12.6 Å². The second-order valence-corrected chi connectivity index (χ2v) is 6.06. The van der Waals surface area contributed by atoms with Crippen molar-refractivity contribution in [2.24, 2.45) is 11.3 Å². The van der Waals surface area contributed by atoms with Crippen LogP contribution in [0.1, 0.15) is 50.0 Å². The summed E-state index contributed by atoms with van der Waals surface area (Å²) in [7, 11) is 0. The van der Waals surface area contributed by atoms with Gasteiger partial charge in [-0.15, -0.1) is 0 Å². The van der Waals surface area contributed by atoms with Crippen molar-refractivity contribution in [3.63, 3.8) is 0 Å². The quantitative estimate of drug-likeness (QED) is 0.855. The minimum atomic E-state index is -0.242. The second-order valence-electron chi connectivity index (χ2n) is 6.06. The van der Waals surface area contributed by atoms with E-state index >= 15 is 0 Å². The number of pyridine rings is 1. The van der Waals surface area contributed by atoms with Crippen molar-refractivity contribution in [2.75, 3.05) is 6.54 Å². The first kappa shape index (κ1) is 13.8. The summed E-state index contributed by atoms with van der Waals surface area (Å²) in [6, 6.07) is 4.64. The minimum absolute atomic E-state index is 0.187. The highest BCUT2D eigenvalue weighted by atomic mass is 16.2. The van der Waals surface area contributed by atoms with Crippen molar-refractivity contribution in [3.8, 4) is 0 Å². The van der Waals surface area contributed by atoms with Gasteiger partial charge in [0.05, 0.1) is 0 Å². The van der Waals surface area contributed by atoms with Crippen molar-refractivity contribution < 1.29 is 4.79 Å². The Bertz CT molecular complexity index is 501. The van der Waals surface area contributed by atoms with E-state index in [1.807, 2.05) is 0 Å². The normalized spacial score (nSPS) is 17.0. The SMILES string of the molecule is CC(C)CC1(CNC(=O)c2cccc(=O)[nH]2)CCC1. The van der Waals surface area contributed by atoms with Gasteiger partial charge in [0.2, 0.25) is 5.56 Å². The molecule has 1 aromatic heterocycles.